The molecule has 0 aliphatic heterocycles. The third-order valence-electron chi connectivity index (χ3n) is 3.97. The van der Waals surface area contributed by atoms with E-state index in [1.807, 2.05) is 25.1 Å². The Morgan fingerprint density at radius 3 is 2.27 bits per heavy atom. The van der Waals surface area contributed by atoms with Crippen LogP contribution in [0.1, 0.15) is 15.9 Å². The van der Waals surface area contributed by atoms with Gasteiger partial charge in [0.1, 0.15) is 0 Å². The van der Waals surface area contributed by atoms with Crippen LogP contribution in [0.25, 0.3) is 0 Å². The second-order valence-electron chi connectivity index (χ2n) is 6.19. The van der Waals surface area contributed by atoms with Gasteiger partial charge in [0.2, 0.25) is 0 Å². The number of ether oxygens (including phenoxy) is 1. The summed E-state index contributed by atoms with van der Waals surface area (Å²) in [5, 5.41) is 0. The molecule has 0 atom stereocenters. The molecule has 2 aromatic rings. The minimum Gasteiger partial charge on any atom is -0.465 e. The van der Waals surface area contributed by atoms with Crippen LogP contribution >= 0.6 is 0 Å². The molecule has 140 valence electrons. The number of rotatable bonds is 7. The molecule has 26 heavy (non-hydrogen) atoms. The first-order chi connectivity index (χ1) is 12.3. The van der Waals surface area contributed by atoms with E-state index in [0.29, 0.717) is 24.3 Å². The number of carbonyl (C=O) groups excluding carboxylic acids is 1. The average molecular weight is 376 g/mol. The number of methoxy groups -OCH3 is 1. The third kappa shape index (κ3) is 4.42. The largest absolute Gasteiger partial charge is 0.465 e. The maximum Gasteiger partial charge on any atom is 0.337 e. The molecule has 0 unspecified atom stereocenters. The van der Waals surface area contributed by atoms with Crippen LogP contribution in [0.5, 0.6) is 0 Å². The molecule has 0 fully saturated rings. The number of aryl methyl sites for hydroxylation is 1. The fourth-order valence-electron chi connectivity index (χ4n) is 2.51. The molecule has 0 spiro atoms. The summed E-state index contributed by atoms with van der Waals surface area (Å²) in [7, 11) is 1.20. The number of para-hydroxylation sites is 1. The Morgan fingerprint density at radius 2 is 1.69 bits per heavy atom. The van der Waals surface area contributed by atoms with Crippen LogP contribution in [0.4, 0.5) is 5.69 Å². The number of carbonyl (C=O) groups is 1. The lowest BCUT2D eigenvalue weighted by atomic mass is 10.1. The molecule has 0 radical (unpaired) electrons. The topological polar surface area (TPSA) is 66.9 Å². The predicted octanol–water partition coefficient (Wildman–Crippen LogP) is 2.54. The molecule has 0 saturated heterocycles. The minimum absolute atomic E-state index is 0.100. The number of sulfonamides is 1. The van der Waals surface area contributed by atoms with E-state index in [1.165, 1.54) is 17.5 Å². The zero-order chi connectivity index (χ0) is 19.3. The van der Waals surface area contributed by atoms with E-state index in [1.54, 1.807) is 43.3 Å². The van der Waals surface area contributed by atoms with E-state index >= 15 is 0 Å². The van der Waals surface area contributed by atoms with Crippen molar-refractivity contribution in [2.45, 2.75) is 11.8 Å². The monoisotopic (exact) mass is 376 g/mol. The lowest BCUT2D eigenvalue weighted by Gasteiger charge is -2.26. The van der Waals surface area contributed by atoms with Gasteiger partial charge in [-0.3, -0.25) is 4.31 Å². The quantitative estimate of drug-likeness (QED) is 0.695. The zero-order valence-corrected chi connectivity index (χ0v) is 16.3. The van der Waals surface area contributed by atoms with Crippen LogP contribution in [-0.2, 0) is 14.8 Å². The standard InChI is InChI=1S/C19H24N2O4S/c1-15-10-11-16(19(22)25-4)14-18(15)26(23,24)21(13-12-20(2)3)17-8-6-5-7-9-17/h5-11,14H,12-13H2,1-4H3. The second kappa shape index (κ2) is 8.33. The molecule has 0 saturated carbocycles. The number of benzene rings is 2. The van der Waals surface area contributed by atoms with Crippen LogP contribution in [-0.4, -0.2) is 53.6 Å². The van der Waals surface area contributed by atoms with Gasteiger partial charge in [0.25, 0.3) is 10.0 Å². The molecular weight excluding hydrogens is 352 g/mol. The summed E-state index contributed by atoms with van der Waals surface area (Å²) < 4.78 is 32.9. The predicted molar refractivity (Wildman–Crippen MR) is 102 cm³/mol. The summed E-state index contributed by atoms with van der Waals surface area (Å²) in [4.78, 5) is 13.8. The molecule has 0 N–H and O–H groups in total. The Bertz CT molecular complexity index is 864. The van der Waals surface area contributed by atoms with Crippen molar-refractivity contribution < 1.29 is 17.9 Å². The summed E-state index contributed by atoms with van der Waals surface area (Å²) in [5.41, 5.74) is 1.36. The summed E-state index contributed by atoms with van der Waals surface area (Å²) >= 11 is 0. The number of hydrogen-bond donors (Lipinski definition) is 0. The number of nitrogens with zero attached hydrogens (tertiary/aromatic N) is 2. The normalized spacial score (nSPS) is 11.4. The molecule has 0 aliphatic carbocycles. The zero-order valence-electron chi connectivity index (χ0n) is 15.5. The fourth-order valence-corrected chi connectivity index (χ4v) is 4.22. The van der Waals surface area contributed by atoms with E-state index in [4.69, 9.17) is 4.74 Å². The summed E-state index contributed by atoms with van der Waals surface area (Å²) in [6, 6.07) is 13.5. The van der Waals surface area contributed by atoms with Gasteiger partial charge in [-0.1, -0.05) is 24.3 Å². The van der Waals surface area contributed by atoms with E-state index in [2.05, 4.69) is 0 Å². The van der Waals surface area contributed by atoms with Gasteiger partial charge in [0.15, 0.2) is 0 Å². The Kier molecular flexibility index (Phi) is 6.39. The average Bonchev–Trinajstić information content (AvgIpc) is 2.62. The van der Waals surface area contributed by atoms with Gasteiger partial charge >= 0.3 is 5.97 Å². The van der Waals surface area contributed by atoms with Crippen LogP contribution in [0.2, 0.25) is 0 Å². The Hall–Kier alpha value is -2.38. The molecule has 2 aromatic carbocycles. The van der Waals surface area contributed by atoms with Crippen molar-refractivity contribution in [3.05, 3.63) is 59.7 Å². The van der Waals surface area contributed by atoms with Crippen LogP contribution < -0.4 is 4.31 Å². The molecule has 7 heteroatoms. The van der Waals surface area contributed by atoms with Crippen molar-refractivity contribution in [1.82, 2.24) is 4.90 Å². The van der Waals surface area contributed by atoms with Crippen LogP contribution in [0.3, 0.4) is 0 Å². The first kappa shape index (κ1) is 19.9. The molecule has 2 rings (SSSR count). The SMILES string of the molecule is COC(=O)c1ccc(C)c(S(=O)(=O)N(CCN(C)C)c2ccccc2)c1. The smallest absolute Gasteiger partial charge is 0.337 e. The Morgan fingerprint density at radius 1 is 1.04 bits per heavy atom. The van der Waals surface area contributed by atoms with E-state index in [0.717, 1.165) is 0 Å². The third-order valence-corrected chi connectivity index (χ3v) is 5.94. The molecule has 0 bridgehead atoms. The molecule has 0 aliphatic rings. The lowest BCUT2D eigenvalue weighted by molar-refractivity contribution is 0.0600. The maximum atomic E-state index is 13.4. The molecule has 0 amide bonds. The molecule has 6 nitrogen and oxygen atoms in total. The van der Waals surface area contributed by atoms with Crippen LogP contribution in [0, 0.1) is 6.92 Å². The highest BCUT2D eigenvalue weighted by atomic mass is 32.2. The van der Waals surface area contributed by atoms with Crippen molar-refractivity contribution in [1.29, 1.82) is 0 Å². The highest BCUT2D eigenvalue weighted by Gasteiger charge is 2.27. The highest BCUT2D eigenvalue weighted by Crippen LogP contribution is 2.26. The minimum atomic E-state index is -3.85. The van der Waals surface area contributed by atoms with Crippen molar-refractivity contribution in [3.8, 4) is 0 Å². The first-order valence-electron chi connectivity index (χ1n) is 8.19. The van der Waals surface area contributed by atoms with Gasteiger partial charge in [-0.05, 0) is 50.8 Å². The summed E-state index contributed by atoms with van der Waals surface area (Å²) in [6.07, 6.45) is 0. The van der Waals surface area contributed by atoms with E-state index in [9.17, 15) is 13.2 Å². The first-order valence-corrected chi connectivity index (χ1v) is 9.63. The second-order valence-corrected chi connectivity index (χ2v) is 8.02. The molecular formula is C19H24N2O4S. The van der Waals surface area contributed by atoms with Crippen LogP contribution in [0.15, 0.2) is 53.4 Å². The number of anilines is 1. The van der Waals surface area contributed by atoms with Gasteiger partial charge in [-0.2, -0.15) is 0 Å². The maximum absolute atomic E-state index is 13.4. The fraction of sp³-hybridized carbons (Fsp3) is 0.316. The van der Waals surface area contributed by atoms with Crippen molar-refractivity contribution in [2.24, 2.45) is 0 Å². The molecule has 0 aromatic heterocycles. The highest BCUT2D eigenvalue weighted by molar-refractivity contribution is 7.92. The molecule has 0 heterocycles. The Labute approximate surface area is 155 Å². The van der Waals surface area contributed by atoms with E-state index < -0.39 is 16.0 Å². The van der Waals surface area contributed by atoms with Gasteiger partial charge in [0, 0.05) is 13.1 Å². The number of hydrogen-bond acceptors (Lipinski definition) is 5. The van der Waals surface area contributed by atoms with Gasteiger partial charge in [-0.25, -0.2) is 13.2 Å². The Balaban J connectivity index is 2.54. The van der Waals surface area contributed by atoms with Crippen molar-refractivity contribution >= 4 is 21.7 Å². The van der Waals surface area contributed by atoms with E-state index in [-0.39, 0.29) is 10.5 Å². The summed E-state index contributed by atoms with van der Waals surface area (Å²) in [6.45, 7) is 2.56. The van der Waals surface area contributed by atoms with Crippen molar-refractivity contribution in [3.63, 3.8) is 0 Å². The van der Waals surface area contributed by atoms with Gasteiger partial charge in [0.05, 0.1) is 23.3 Å². The van der Waals surface area contributed by atoms with Crippen molar-refractivity contribution in [2.75, 3.05) is 38.6 Å². The summed E-state index contributed by atoms with van der Waals surface area (Å²) in [5.74, 6) is -0.569. The number of esters is 1. The van der Waals surface area contributed by atoms with Gasteiger partial charge in [-0.15, -0.1) is 0 Å². The number of likely N-dealkylation sites (N-methyl/N-ethyl adjacent to an activating group) is 1. The lowest BCUT2D eigenvalue weighted by Crippen LogP contribution is -2.37. The van der Waals surface area contributed by atoms with Gasteiger partial charge < -0.3 is 9.64 Å².